The van der Waals surface area contributed by atoms with Gasteiger partial charge in [0.05, 0.1) is 19.0 Å². The quantitative estimate of drug-likeness (QED) is 0.633. The lowest BCUT2D eigenvalue weighted by molar-refractivity contribution is 0.0652. The third-order valence-corrected chi connectivity index (χ3v) is 3.40. The Bertz CT molecular complexity index is 505. The van der Waals surface area contributed by atoms with Crippen molar-refractivity contribution in [3.05, 3.63) is 60.7 Å². The van der Waals surface area contributed by atoms with Gasteiger partial charge in [0.1, 0.15) is 0 Å². The van der Waals surface area contributed by atoms with E-state index in [0.717, 1.165) is 6.42 Å². The fourth-order valence-electron chi connectivity index (χ4n) is 2.16. The summed E-state index contributed by atoms with van der Waals surface area (Å²) in [6.07, 6.45) is 14.5. The summed E-state index contributed by atoms with van der Waals surface area (Å²) < 4.78 is 8.00. The van der Waals surface area contributed by atoms with E-state index in [2.05, 4.69) is 30.1 Å². The predicted octanol–water partition coefficient (Wildman–Crippen LogP) is 4.52. The van der Waals surface area contributed by atoms with Crippen LogP contribution in [0.3, 0.4) is 0 Å². The second-order valence-corrected chi connectivity index (χ2v) is 5.18. The Kier molecular flexibility index (Phi) is 6.75. The molecule has 21 heavy (non-hydrogen) atoms. The highest BCUT2D eigenvalue weighted by molar-refractivity contribution is 5.23. The number of ether oxygens (including phenoxy) is 1. The predicted molar refractivity (Wildman–Crippen MR) is 86.7 cm³/mol. The highest BCUT2D eigenvalue weighted by Gasteiger charge is 2.05. The summed E-state index contributed by atoms with van der Waals surface area (Å²) >= 11 is 0. The van der Waals surface area contributed by atoms with Crippen molar-refractivity contribution in [1.29, 1.82) is 0 Å². The number of rotatable bonds is 9. The van der Waals surface area contributed by atoms with Gasteiger partial charge in [-0.25, -0.2) is 4.98 Å². The lowest BCUT2D eigenvalue weighted by Gasteiger charge is -2.14. The Morgan fingerprint density at radius 1 is 1.24 bits per heavy atom. The first-order chi connectivity index (χ1) is 10.4. The van der Waals surface area contributed by atoms with Crippen molar-refractivity contribution in [2.75, 3.05) is 0 Å². The SMILES string of the molecule is CCCCC[C@@H](/C=C/n1ccnc1)OCc1ccccc1. The van der Waals surface area contributed by atoms with Crippen molar-refractivity contribution in [1.82, 2.24) is 9.55 Å². The molecule has 1 atom stereocenters. The number of nitrogens with zero attached hydrogens (tertiary/aromatic N) is 2. The van der Waals surface area contributed by atoms with Crippen molar-refractivity contribution in [2.45, 2.75) is 45.3 Å². The normalized spacial score (nSPS) is 12.8. The van der Waals surface area contributed by atoms with Gasteiger partial charge < -0.3 is 9.30 Å². The summed E-state index contributed by atoms with van der Waals surface area (Å²) in [6.45, 7) is 2.88. The third-order valence-electron chi connectivity index (χ3n) is 3.40. The summed E-state index contributed by atoms with van der Waals surface area (Å²) in [4.78, 5) is 4.04. The van der Waals surface area contributed by atoms with Gasteiger partial charge in [0, 0.05) is 18.6 Å². The average molecular weight is 284 g/mol. The zero-order valence-electron chi connectivity index (χ0n) is 12.7. The molecule has 0 fully saturated rings. The largest absolute Gasteiger partial charge is 0.369 e. The van der Waals surface area contributed by atoms with Crippen LogP contribution in [0.5, 0.6) is 0 Å². The third kappa shape index (κ3) is 5.96. The monoisotopic (exact) mass is 284 g/mol. The van der Waals surface area contributed by atoms with Gasteiger partial charge in [-0.3, -0.25) is 0 Å². The Hall–Kier alpha value is -1.87. The highest BCUT2D eigenvalue weighted by atomic mass is 16.5. The Labute approximate surface area is 127 Å². The van der Waals surface area contributed by atoms with Gasteiger partial charge in [-0.15, -0.1) is 0 Å². The van der Waals surface area contributed by atoms with Crippen molar-refractivity contribution in [2.24, 2.45) is 0 Å². The van der Waals surface area contributed by atoms with E-state index in [1.807, 2.05) is 35.2 Å². The molecular formula is C18H24N2O. The van der Waals surface area contributed by atoms with E-state index in [1.165, 1.54) is 24.8 Å². The molecule has 0 aliphatic carbocycles. The molecule has 0 bridgehead atoms. The molecular weight excluding hydrogens is 260 g/mol. The summed E-state index contributed by atoms with van der Waals surface area (Å²) in [7, 11) is 0. The second kappa shape index (κ2) is 9.14. The second-order valence-electron chi connectivity index (χ2n) is 5.18. The molecule has 0 unspecified atom stereocenters. The number of hydrogen-bond acceptors (Lipinski definition) is 2. The molecule has 0 aliphatic heterocycles. The minimum Gasteiger partial charge on any atom is -0.369 e. The summed E-state index contributed by atoms with van der Waals surface area (Å²) in [6, 6.07) is 10.3. The van der Waals surface area contributed by atoms with E-state index in [4.69, 9.17) is 4.74 Å². The van der Waals surface area contributed by atoms with Gasteiger partial charge in [0.25, 0.3) is 0 Å². The van der Waals surface area contributed by atoms with Gasteiger partial charge in [-0.2, -0.15) is 0 Å². The van der Waals surface area contributed by atoms with E-state index >= 15 is 0 Å². The van der Waals surface area contributed by atoms with Crippen molar-refractivity contribution >= 4 is 6.20 Å². The summed E-state index contributed by atoms with van der Waals surface area (Å²) in [5, 5.41) is 0. The maximum atomic E-state index is 6.05. The van der Waals surface area contributed by atoms with Crippen LogP contribution in [0.1, 0.15) is 38.2 Å². The zero-order chi connectivity index (χ0) is 14.8. The summed E-state index contributed by atoms with van der Waals surface area (Å²) in [5.74, 6) is 0. The fourth-order valence-corrected chi connectivity index (χ4v) is 2.16. The molecule has 0 amide bonds. The van der Waals surface area contributed by atoms with Crippen molar-refractivity contribution in [3.8, 4) is 0 Å². The number of unbranched alkanes of at least 4 members (excludes halogenated alkanes) is 2. The average Bonchev–Trinajstić information content (AvgIpc) is 3.04. The number of hydrogen-bond donors (Lipinski definition) is 0. The fraction of sp³-hybridized carbons (Fsp3) is 0.389. The van der Waals surface area contributed by atoms with E-state index in [0.29, 0.717) is 6.61 Å². The maximum Gasteiger partial charge on any atom is 0.0986 e. The standard InChI is InChI=1S/C18H24N2O/c1-2-3-5-10-18(11-13-20-14-12-19-16-20)21-15-17-8-6-4-7-9-17/h4,6-9,11-14,16,18H,2-3,5,10,15H2,1H3/b13-11+/t18-/m0/s1. The summed E-state index contributed by atoms with van der Waals surface area (Å²) in [5.41, 5.74) is 1.22. The lowest BCUT2D eigenvalue weighted by atomic mass is 10.1. The van der Waals surface area contributed by atoms with E-state index in [-0.39, 0.29) is 6.10 Å². The van der Waals surface area contributed by atoms with Crippen molar-refractivity contribution < 1.29 is 4.74 Å². The number of imidazole rings is 1. The molecule has 1 heterocycles. The molecule has 0 aliphatic rings. The Morgan fingerprint density at radius 3 is 2.81 bits per heavy atom. The molecule has 0 spiro atoms. The number of benzene rings is 1. The first-order valence-corrected chi connectivity index (χ1v) is 7.69. The molecule has 3 nitrogen and oxygen atoms in total. The zero-order valence-corrected chi connectivity index (χ0v) is 12.7. The van der Waals surface area contributed by atoms with Gasteiger partial charge in [-0.1, -0.05) is 56.5 Å². The van der Waals surface area contributed by atoms with E-state index in [9.17, 15) is 0 Å². The lowest BCUT2D eigenvalue weighted by Crippen LogP contribution is -2.10. The number of aromatic nitrogens is 2. The van der Waals surface area contributed by atoms with E-state index in [1.54, 1.807) is 12.5 Å². The minimum absolute atomic E-state index is 0.152. The minimum atomic E-state index is 0.152. The van der Waals surface area contributed by atoms with Crippen LogP contribution in [-0.2, 0) is 11.3 Å². The molecule has 1 aromatic carbocycles. The topological polar surface area (TPSA) is 27.1 Å². The first kappa shape index (κ1) is 15.5. The maximum absolute atomic E-state index is 6.05. The molecule has 1 aromatic heterocycles. The molecule has 2 rings (SSSR count). The smallest absolute Gasteiger partial charge is 0.0986 e. The molecule has 0 N–H and O–H groups in total. The Balaban J connectivity index is 1.88. The van der Waals surface area contributed by atoms with Crippen LogP contribution in [-0.4, -0.2) is 15.7 Å². The molecule has 0 saturated heterocycles. The molecule has 112 valence electrons. The Morgan fingerprint density at radius 2 is 2.10 bits per heavy atom. The molecule has 0 saturated carbocycles. The van der Waals surface area contributed by atoms with Crippen LogP contribution < -0.4 is 0 Å². The van der Waals surface area contributed by atoms with Crippen LogP contribution in [0.2, 0.25) is 0 Å². The van der Waals surface area contributed by atoms with Gasteiger partial charge >= 0.3 is 0 Å². The van der Waals surface area contributed by atoms with Crippen LogP contribution >= 0.6 is 0 Å². The van der Waals surface area contributed by atoms with Crippen molar-refractivity contribution in [3.63, 3.8) is 0 Å². The van der Waals surface area contributed by atoms with Crippen LogP contribution in [0.15, 0.2) is 55.1 Å². The first-order valence-electron chi connectivity index (χ1n) is 7.69. The van der Waals surface area contributed by atoms with Crippen LogP contribution in [0.25, 0.3) is 6.20 Å². The van der Waals surface area contributed by atoms with Crippen LogP contribution in [0.4, 0.5) is 0 Å². The molecule has 0 radical (unpaired) electrons. The molecule has 3 heteroatoms. The van der Waals surface area contributed by atoms with Gasteiger partial charge in [-0.05, 0) is 18.1 Å². The van der Waals surface area contributed by atoms with Gasteiger partial charge in [0.2, 0.25) is 0 Å². The van der Waals surface area contributed by atoms with Crippen LogP contribution in [0, 0.1) is 0 Å². The van der Waals surface area contributed by atoms with Gasteiger partial charge in [0.15, 0.2) is 0 Å². The highest BCUT2D eigenvalue weighted by Crippen LogP contribution is 2.12. The van der Waals surface area contributed by atoms with E-state index < -0.39 is 0 Å². The molecule has 2 aromatic rings.